The molecule has 0 amide bonds. The number of nitrogens with zero attached hydrogens (tertiary/aromatic N) is 2. The molecule has 0 aliphatic heterocycles. The number of rotatable bonds is 3. The van der Waals surface area contributed by atoms with Crippen molar-refractivity contribution in [1.29, 1.82) is 0 Å². The second kappa shape index (κ2) is 5.63. The summed E-state index contributed by atoms with van der Waals surface area (Å²) < 4.78 is 3.04. The van der Waals surface area contributed by atoms with Crippen LogP contribution in [0.1, 0.15) is 12.6 Å². The first-order chi connectivity index (χ1) is 9.78. The van der Waals surface area contributed by atoms with Crippen molar-refractivity contribution in [3.05, 3.63) is 71.0 Å². The van der Waals surface area contributed by atoms with Gasteiger partial charge < -0.3 is 0 Å². The molecule has 0 bridgehead atoms. The third kappa shape index (κ3) is 2.54. The molecule has 0 spiro atoms. The Bertz CT molecular complexity index is 714. The average molecular weight is 327 g/mol. The lowest BCUT2D eigenvalue weighted by Crippen LogP contribution is -1.98. The normalized spacial score (nSPS) is 10.7. The van der Waals surface area contributed by atoms with Crippen LogP contribution < -0.4 is 0 Å². The summed E-state index contributed by atoms with van der Waals surface area (Å²) in [6, 6.07) is 18.8. The van der Waals surface area contributed by atoms with E-state index in [9.17, 15) is 0 Å². The summed E-state index contributed by atoms with van der Waals surface area (Å²) in [6.45, 7) is 2.12. The summed E-state index contributed by atoms with van der Waals surface area (Å²) in [5.74, 6) is 0. The zero-order chi connectivity index (χ0) is 13.9. The SMILES string of the molecule is CCc1ccn(-c2ccccc2-c2ccc(Br)cc2)n1. The second-order valence-electron chi connectivity index (χ2n) is 4.63. The van der Waals surface area contributed by atoms with E-state index in [4.69, 9.17) is 0 Å². The van der Waals surface area contributed by atoms with Crippen LogP contribution >= 0.6 is 15.9 Å². The third-order valence-electron chi connectivity index (χ3n) is 3.31. The Labute approximate surface area is 127 Å². The lowest BCUT2D eigenvalue weighted by molar-refractivity contribution is 0.843. The number of aryl methyl sites for hydroxylation is 1. The van der Waals surface area contributed by atoms with Gasteiger partial charge in [0.1, 0.15) is 0 Å². The van der Waals surface area contributed by atoms with E-state index >= 15 is 0 Å². The van der Waals surface area contributed by atoms with Crippen LogP contribution in [0.25, 0.3) is 16.8 Å². The van der Waals surface area contributed by atoms with E-state index in [1.807, 2.05) is 16.9 Å². The molecule has 0 aliphatic carbocycles. The molecule has 3 aromatic rings. The highest BCUT2D eigenvalue weighted by Crippen LogP contribution is 2.27. The van der Waals surface area contributed by atoms with Gasteiger partial charge in [-0.3, -0.25) is 0 Å². The molecule has 2 nitrogen and oxygen atoms in total. The molecule has 1 aromatic heterocycles. The van der Waals surface area contributed by atoms with Crippen molar-refractivity contribution in [2.75, 3.05) is 0 Å². The number of benzene rings is 2. The summed E-state index contributed by atoms with van der Waals surface area (Å²) in [4.78, 5) is 0. The Kier molecular flexibility index (Phi) is 3.70. The van der Waals surface area contributed by atoms with Crippen LogP contribution in [-0.2, 0) is 6.42 Å². The van der Waals surface area contributed by atoms with Gasteiger partial charge in [0.05, 0.1) is 11.4 Å². The van der Waals surface area contributed by atoms with Gasteiger partial charge >= 0.3 is 0 Å². The second-order valence-corrected chi connectivity index (χ2v) is 5.54. The molecule has 3 heteroatoms. The molecule has 100 valence electrons. The molecular weight excluding hydrogens is 312 g/mol. The maximum absolute atomic E-state index is 4.61. The van der Waals surface area contributed by atoms with E-state index in [-0.39, 0.29) is 0 Å². The zero-order valence-electron chi connectivity index (χ0n) is 11.3. The number of hydrogen-bond acceptors (Lipinski definition) is 1. The van der Waals surface area contributed by atoms with Gasteiger partial charge in [0, 0.05) is 16.2 Å². The Morgan fingerprint density at radius 1 is 1.00 bits per heavy atom. The molecule has 3 rings (SSSR count). The van der Waals surface area contributed by atoms with Crippen molar-refractivity contribution in [3.8, 4) is 16.8 Å². The molecule has 0 radical (unpaired) electrons. The molecule has 0 atom stereocenters. The molecule has 0 saturated heterocycles. The summed E-state index contributed by atoms with van der Waals surface area (Å²) in [6.07, 6.45) is 2.98. The monoisotopic (exact) mass is 326 g/mol. The fourth-order valence-corrected chi connectivity index (χ4v) is 2.50. The number of para-hydroxylation sites is 1. The minimum atomic E-state index is 0.952. The van der Waals surface area contributed by atoms with Crippen molar-refractivity contribution in [2.45, 2.75) is 13.3 Å². The van der Waals surface area contributed by atoms with Crippen LogP contribution in [0.3, 0.4) is 0 Å². The first-order valence-electron chi connectivity index (χ1n) is 6.68. The molecule has 20 heavy (non-hydrogen) atoms. The topological polar surface area (TPSA) is 17.8 Å². The molecule has 0 saturated carbocycles. The lowest BCUT2D eigenvalue weighted by atomic mass is 10.0. The van der Waals surface area contributed by atoms with Crippen LogP contribution in [0, 0.1) is 0 Å². The highest BCUT2D eigenvalue weighted by atomic mass is 79.9. The highest BCUT2D eigenvalue weighted by Gasteiger charge is 2.07. The maximum Gasteiger partial charge on any atom is 0.0723 e. The fourth-order valence-electron chi connectivity index (χ4n) is 2.23. The van der Waals surface area contributed by atoms with E-state index in [0.717, 1.165) is 22.3 Å². The highest BCUT2D eigenvalue weighted by molar-refractivity contribution is 9.10. The summed E-state index contributed by atoms with van der Waals surface area (Å²) in [7, 11) is 0. The predicted octanol–water partition coefficient (Wildman–Crippen LogP) is 4.86. The van der Waals surface area contributed by atoms with Gasteiger partial charge in [-0.15, -0.1) is 0 Å². The first-order valence-corrected chi connectivity index (χ1v) is 7.47. The first kappa shape index (κ1) is 13.1. The van der Waals surface area contributed by atoms with Crippen LogP contribution in [0.4, 0.5) is 0 Å². The zero-order valence-corrected chi connectivity index (χ0v) is 12.8. The van der Waals surface area contributed by atoms with Crippen LogP contribution in [0.5, 0.6) is 0 Å². The predicted molar refractivity (Wildman–Crippen MR) is 86.1 cm³/mol. The van der Waals surface area contributed by atoms with Crippen molar-refractivity contribution in [3.63, 3.8) is 0 Å². The smallest absolute Gasteiger partial charge is 0.0723 e. The van der Waals surface area contributed by atoms with E-state index in [1.54, 1.807) is 0 Å². The Morgan fingerprint density at radius 2 is 1.75 bits per heavy atom. The molecule has 0 unspecified atom stereocenters. The molecule has 1 heterocycles. The Morgan fingerprint density at radius 3 is 2.45 bits per heavy atom. The average Bonchev–Trinajstić information content (AvgIpc) is 2.97. The molecule has 0 fully saturated rings. The van der Waals surface area contributed by atoms with Crippen LogP contribution in [0.15, 0.2) is 65.3 Å². The summed E-state index contributed by atoms with van der Waals surface area (Å²) in [5.41, 5.74) is 4.59. The van der Waals surface area contributed by atoms with Gasteiger partial charge in [-0.2, -0.15) is 5.10 Å². The Balaban J connectivity index is 2.10. The van der Waals surface area contributed by atoms with Crippen LogP contribution in [0.2, 0.25) is 0 Å². The largest absolute Gasteiger partial charge is 0.240 e. The van der Waals surface area contributed by atoms with Gasteiger partial charge in [0.2, 0.25) is 0 Å². The van der Waals surface area contributed by atoms with E-state index in [2.05, 4.69) is 76.5 Å². The number of halogens is 1. The van der Waals surface area contributed by atoms with Crippen molar-refractivity contribution in [1.82, 2.24) is 9.78 Å². The number of aromatic nitrogens is 2. The minimum Gasteiger partial charge on any atom is -0.240 e. The van der Waals surface area contributed by atoms with Crippen molar-refractivity contribution < 1.29 is 0 Å². The quantitative estimate of drug-likeness (QED) is 0.671. The maximum atomic E-state index is 4.61. The molecular formula is C17H15BrN2. The minimum absolute atomic E-state index is 0.952. The van der Waals surface area contributed by atoms with Gasteiger partial charge in [-0.25, -0.2) is 4.68 Å². The van der Waals surface area contributed by atoms with E-state index < -0.39 is 0 Å². The van der Waals surface area contributed by atoms with E-state index in [0.29, 0.717) is 0 Å². The van der Waals surface area contributed by atoms with Gasteiger partial charge in [0.25, 0.3) is 0 Å². The van der Waals surface area contributed by atoms with Gasteiger partial charge in [-0.1, -0.05) is 53.2 Å². The lowest BCUT2D eigenvalue weighted by Gasteiger charge is -2.10. The molecule has 0 N–H and O–H groups in total. The Hall–Kier alpha value is -1.87. The van der Waals surface area contributed by atoms with Crippen LogP contribution in [-0.4, -0.2) is 9.78 Å². The third-order valence-corrected chi connectivity index (χ3v) is 3.84. The number of hydrogen-bond donors (Lipinski definition) is 0. The fraction of sp³-hybridized carbons (Fsp3) is 0.118. The van der Waals surface area contributed by atoms with E-state index in [1.165, 1.54) is 11.1 Å². The molecule has 0 aliphatic rings. The standard InChI is InChI=1S/C17H15BrN2/c1-2-15-11-12-20(19-15)17-6-4-3-5-16(17)13-7-9-14(18)10-8-13/h3-12H,2H2,1H3. The van der Waals surface area contributed by atoms with Gasteiger partial charge in [-0.05, 0) is 36.2 Å². The van der Waals surface area contributed by atoms with Crippen molar-refractivity contribution >= 4 is 15.9 Å². The van der Waals surface area contributed by atoms with Crippen molar-refractivity contribution in [2.24, 2.45) is 0 Å². The summed E-state index contributed by atoms with van der Waals surface area (Å²) in [5, 5.41) is 4.61. The van der Waals surface area contributed by atoms with Gasteiger partial charge in [0.15, 0.2) is 0 Å². The summed E-state index contributed by atoms with van der Waals surface area (Å²) >= 11 is 3.48. The molecule has 2 aromatic carbocycles.